The number of nitrogens with zero attached hydrogens (tertiary/aromatic N) is 1. The van der Waals surface area contributed by atoms with Crippen LogP contribution < -0.4 is 10.6 Å². The predicted octanol–water partition coefficient (Wildman–Crippen LogP) is 0.0689. The quantitative estimate of drug-likeness (QED) is 0.535. The number of carbonyl (C=O) groups excluding carboxylic acids is 1. The molecule has 0 spiro atoms. The zero-order valence-corrected chi connectivity index (χ0v) is 11.6. The van der Waals surface area contributed by atoms with E-state index in [4.69, 9.17) is 4.74 Å². The second-order valence-electron chi connectivity index (χ2n) is 4.21. The molecule has 0 aliphatic heterocycles. The maximum atomic E-state index is 11.6. The highest BCUT2D eigenvalue weighted by Crippen LogP contribution is 1.85. The number of carbonyl (C=O) groups is 1. The highest BCUT2D eigenvalue weighted by molar-refractivity contribution is 5.81. The summed E-state index contributed by atoms with van der Waals surface area (Å²) in [5.74, 6) is 0.0558. The lowest BCUT2D eigenvalue weighted by Crippen LogP contribution is -2.44. The van der Waals surface area contributed by atoms with Crippen LogP contribution in [0, 0.1) is 0 Å². The summed E-state index contributed by atoms with van der Waals surface area (Å²) in [6, 6.07) is -0.136. The van der Waals surface area contributed by atoms with Gasteiger partial charge in [-0.2, -0.15) is 0 Å². The van der Waals surface area contributed by atoms with Crippen molar-refractivity contribution in [2.75, 3.05) is 46.9 Å². The van der Waals surface area contributed by atoms with Gasteiger partial charge >= 0.3 is 0 Å². The zero-order chi connectivity index (χ0) is 13.1. The van der Waals surface area contributed by atoms with Crippen LogP contribution in [0.25, 0.3) is 0 Å². The van der Waals surface area contributed by atoms with Crippen LogP contribution in [0.5, 0.6) is 0 Å². The Balaban J connectivity index is 3.53. The van der Waals surface area contributed by atoms with E-state index < -0.39 is 0 Å². The number of likely N-dealkylation sites (N-methyl/N-ethyl adjacent to an activating group) is 1. The lowest BCUT2D eigenvalue weighted by Gasteiger charge is -2.17. The topological polar surface area (TPSA) is 53.6 Å². The highest BCUT2D eigenvalue weighted by Gasteiger charge is 2.10. The van der Waals surface area contributed by atoms with E-state index >= 15 is 0 Å². The van der Waals surface area contributed by atoms with Gasteiger partial charge in [0.25, 0.3) is 0 Å². The molecule has 0 saturated heterocycles. The van der Waals surface area contributed by atoms with Gasteiger partial charge in [-0.05, 0) is 26.9 Å². The maximum absolute atomic E-state index is 11.6. The van der Waals surface area contributed by atoms with Gasteiger partial charge in [0.05, 0.1) is 6.04 Å². The number of hydrogen-bond donors (Lipinski definition) is 2. The van der Waals surface area contributed by atoms with Crippen LogP contribution in [0.15, 0.2) is 0 Å². The van der Waals surface area contributed by atoms with Crippen molar-refractivity contribution >= 4 is 5.91 Å². The fourth-order valence-electron chi connectivity index (χ4n) is 1.30. The van der Waals surface area contributed by atoms with Gasteiger partial charge < -0.3 is 20.3 Å². The minimum Gasteiger partial charge on any atom is -0.385 e. The van der Waals surface area contributed by atoms with Crippen LogP contribution in [0.1, 0.15) is 20.3 Å². The summed E-state index contributed by atoms with van der Waals surface area (Å²) < 4.78 is 4.92. The first kappa shape index (κ1) is 16.4. The molecule has 0 aliphatic rings. The average molecular weight is 245 g/mol. The van der Waals surface area contributed by atoms with Gasteiger partial charge in [0.15, 0.2) is 0 Å². The summed E-state index contributed by atoms with van der Waals surface area (Å²) in [6.45, 7) is 8.18. The van der Waals surface area contributed by atoms with E-state index in [1.54, 1.807) is 7.11 Å². The zero-order valence-electron chi connectivity index (χ0n) is 11.6. The molecule has 102 valence electrons. The fraction of sp³-hybridized carbons (Fsp3) is 0.917. The van der Waals surface area contributed by atoms with Gasteiger partial charge in [-0.25, -0.2) is 0 Å². The number of rotatable bonds is 10. The molecule has 5 heteroatoms. The molecule has 0 aromatic heterocycles. The first-order valence-electron chi connectivity index (χ1n) is 6.30. The lowest BCUT2D eigenvalue weighted by molar-refractivity contribution is -0.122. The van der Waals surface area contributed by atoms with Crippen molar-refractivity contribution < 1.29 is 9.53 Å². The molecule has 1 unspecified atom stereocenters. The number of hydrogen-bond acceptors (Lipinski definition) is 4. The average Bonchev–Trinajstić information content (AvgIpc) is 2.33. The third-order valence-corrected chi connectivity index (χ3v) is 2.70. The molecule has 0 saturated carbocycles. The summed E-state index contributed by atoms with van der Waals surface area (Å²) in [7, 11) is 3.73. The molecule has 0 aromatic carbocycles. The molecule has 0 aliphatic carbocycles. The van der Waals surface area contributed by atoms with Crippen LogP contribution in [0.4, 0.5) is 0 Å². The maximum Gasteiger partial charge on any atom is 0.236 e. The third-order valence-electron chi connectivity index (χ3n) is 2.70. The Morgan fingerprint density at radius 1 is 1.41 bits per heavy atom. The second-order valence-corrected chi connectivity index (χ2v) is 4.21. The van der Waals surface area contributed by atoms with Gasteiger partial charge in [0.2, 0.25) is 5.91 Å². The molecule has 0 aromatic rings. The van der Waals surface area contributed by atoms with Gasteiger partial charge in [-0.1, -0.05) is 6.92 Å². The summed E-state index contributed by atoms with van der Waals surface area (Å²) in [4.78, 5) is 13.8. The van der Waals surface area contributed by atoms with Gasteiger partial charge in [0, 0.05) is 33.4 Å². The van der Waals surface area contributed by atoms with E-state index in [0.717, 1.165) is 26.1 Å². The molecule has 0 radical (unpaired) electrons. The van der Waals surface area contributed by atoms with E-state index in [2.05, 4.69) is 29.5 Å². The fourth-order valence-corrected chi connectivity index (χ4v) is 1.30. The Hall–Kier alpha value is -0.650. The first-order chi connectivity index (χ1) is 8.11. The van der Waals surface area contributed by atoms with Crippen LogP contribution >= 0.6 is 0 Å². The number of ether oxygens (including phenoxy) is 1. The largest absolute Gasteiger partial charge is 0.385 e. The number of amides is 1. The summed E-state index contributed by atoms with van der Waals surface area (Å²) in [5.41, 5.74) is 0. The molecule has 17 heavy (non-hydrogen) atoms. The van der Waals surface area contributed by atoms with Crippen LogP contribution in [0.3, 0.4) is 0 Å². The van der Waals surface area contributed by atoms with E-state index in [9.17, 15) is 4.79 Å². The van der Waals surface area contributed by atoms with Gasteiger partial charge in [-0.15, -0.1) is 0 Å². The normalized spacial score (nSPS) is 12.8. The molecule has 0 bridgehead atoms. The monoisotopic (exact) mass is 245 g/mol. The highest BCUT2D eigenvalue weighted by atomic mass is 16.5. The van der Waals surface area contributed by atoms with Gasteiger partial charge in [0.1, 0.15) is 0 Å². The molecule has 1 amide bonds. The Bertz CT molecular complexity index is 200. The molecule has 0 heterocycles. The van der Waals surface area contributed by atoms with Crippen LogP contribution in [-0.2, 0) is 9.53 Å². The summed E-state index contributed by atoms with van der Waals surface area (Å²) >= 11 is 0. The molecular formula is C12H27N3O2. The molecule has 2 N–H and O–H groups in total. The number of methoxy groups -OCH3 is 1. The van der Waals surface area contributed by atoms with Crippen LogP contribution in [-0.4, -0.2) is 63.8 Å². The van der Waals surface area contributed by atoms with E-state index in [1.165, 1.54) is 0 Å². The van der Waals surface area contributed by atoms with Crippen molar-refractivity contribution in [3.05, 3.63) is 0 Å². The Morgan fingerprint density at radius 2 is 2.12 bits per heavy atom. The minimum atomic E-state index is -0.136. The van der Waals surface area contributed by atoms with E-state index in [-0.39, 0.29) is 11.9 Å². The smallest absolute Gasteiger partial charge is 0.236 e. The minimum absolute atomic E-state index is 0.0558. The Labute approximate surface area is 105 Å². The van der Waals surface area contributed by atoms with Crippen molar-refractivity contribution in [3.8, 4) is 0 Å². The van der Waals surface area contributed by atoms with Crippen molar-refractivity contribution in [3.63, 3.8) is 0 Å². The summed E-state index contributed by atoms with van der Waals surface area (Å²) in [6.07, 6.45) is 0.855. The van der Waals surface area contributed by atoms with Crippen molar-refractivity contribution in [2.45, 2.75) is 26.3 Å². The van der Waals surface area contributed by atoms with Crippen molar-refractivity contribution in [2.24, 2.45) is 0 Å². The van der Waals surface area contributed by atoms with Crippen LogP contribution in [0.2, 0.25) is 0 Å². The van der Waals surface area contributed by atoms with Crippen molar-refractivity contribution in [1.29, 1.82) is 0 Å². The molecule has 0 rings (SSSR count). The molecule has 5 nitrogen and oxygen atoms in total. The lowest BCUT2D eigenvalue weighted by atomic mass is 10.3. The molecular weight excluding hydrogens is 218 g/mol. The Morgan fingerprint density at radius 3 is 2.71 bits per heavy atom. The van der Waals surface area contributed by atoms with E-state index in [0.29, 0.717) is 13.2 Å². The Kier molecular flexibility index (Phi) is 10.1. The van der Waals surface area contributed by atoms with Gasteiger partial charge in [-0.3, -0.25) is 4.79 Å². The van der Waals surface area contributed by atoms with E-state index in [1.807, 2.05) is 6.92 Å². The first-order valence-corrected chi connectivity index (χ1v) is 6.30. The standard InChI is InChI=1S/C12H27N3O2/c1-5-15(3)9-8-13-11(2)12(16)14-7-6-10-17-4/h11,13H,5-10H2,1-4H3,(H,14,16). The summed E-state index contributed by atoms with van der Waals surface area (Å²) in [5, 5.41) is 6.08. The third kappa shape index (κ3) is 9.09. The van der Waals surface area contributed by atoms with Crippen molar-refractivity contribution in [1.82, 2.24) is 15.5 Å². The SMILES string of the molecule is CCN(C)CCNC(C)C(=O)NCCCOC. The predicted molar refractivity (Wildman–Crippen MR) is 70.1 cm³/mol. The molecule has 0 fully saturated rings. The molecule has 1 atom stereocenters. The number of nitrogens with one attached hydrogen (secondary N) is 2. The second kappa shape index (κ2) is 10.5.